The maximum absolute atomic E-state index is 10.8. The molecule has 11 heavy (non-hydrogen) atoms. The number of esters is 1. The Morgan fingerprint density at radius 3 is 2.55 bits per heavy atom. The van der Waals surface area contributed by atoms with Gasteiger partial charge in [-0.1, -0.05) is 0 Å². The Bertz CT molecular complexity index is 113. The van der Waals surface area contributed by atoms with Gasteiger partial charge in [0.25, 0.3) is 0 Å². The first-order valence-corrected chi connectivity index (χ1v) is 4.01. The van der Waals surface area contributed by atoms with E-state index in [1.807, 2.05) is 13.8 Å². The van der Waals surface area contributed by atoms with E-state index in [1.165, 1.54) is 0 Å². The van der Waals surface area contributed by atoms with Crippen molar-refractivity contribution in [1.29, 1.82) is 0 Å². The molecule has 0 bridgehead atoms. The van der Waals surface area contributed by atoms with Crippen LogP contribution in [-0.4, -0.2) is 18.6 Å². The van der Waals surface area contributed by atoms with Gasteiger partial charge in [-0.05, 0) is 26.7 Å². The van der Waals surface area contributed by atoms with Crippen molar-refractivity contribution < 1.29 is 9.53 Å². The van der Waals surface area contributed by atoms with Crippen LogP contribution in [0.5, 0.6) is 0 Å². The van der Waals surface area contributed by atoms with Gasteiger partial charge in [-0.25, -0.2) is 0 Å². The van der Waals surface area contributed by atoms with Crippen molar-refractivity contribution in [2.75, 3.05) is 6.54 Å². The van der Waals surface area contributed by atoms with E-state index in [1.54, 1.807) is 0 Å². The zero-order valence-corrected chi connectivity index (χ0v) is 7.22. The summed E-state index contributed by atoms with van der Waals surface area (Å²) in [6, 6.07) is 0. The third-order valence-electron chi connectivity index (χ3n) is 1.17. The van der Waals surface area contributed by atoms with Crippen LogP contribution in [0.1, 0.15) is 33.1 Å². The second-order valence-corrected chi connectivity index (χ2v) is 2.75. The van der Waals surface area contributed by atoms with E-state index in [0.717, 1.165) is 12.8 Å². The summed E-state index contributed by atoms with van der Waals surface area (Å²) in [5.41, 5.74) is 6.84. The van der Waals surface area contributed by atoms with Crippen LogP contribution in [0.15, 0.2) is 0 Å². The van der Waals surface area contributed by atoms with Gasteiger partial charge < -0.3 is 4.74 Å². The lowest BCUT2D eigenvalue weighted by atomic mass is 10.2. The highest BCUT2D eigenvalue weighted by molar-refractivity contribution is 5.69. The van der Waals surface area contributed by atoms with Gasteiger partial charge >= 0.3 is 5.97 Å². The zero-order valence-electron chi connectivity index (χ0n) is 7.22. The van der Waals surface area contributed by atoms with Gasteiger partial charge in [0, 0.05) is 13.0 Å². The average Bonchev–Trinajstić information content (AvgIpc) is 1.86. The molecule has 0 unspecified atom stereocenters. The highest BCUT2D eigenvalue weighted by atomic mass is 16.5. The topological polar surface area (TPSA) is 50.1 Å². The van der Waals surface area contributed by atoms with Crippen molar-refractivity contribution in [1.82, 2.24) is 5.73 Å². The normalized spacial score (nSPS) is 10.2. The summed E-state index contributed by atoms with van der Waals surface area (Å²) in [5.74, 6) is -0.145. The smallest absolute Gasteiger partial charge is 0.306 e. The predicted octanol–water partition coefficient (Wildman–Crippen LogP) is 1.39. The van der Waals surface area contributed by atoms with Crippen LogP contribution in [0, 0.1) is 0 Å². The molecule has 1 N–H and O–H groups in total. The quantitative estimate of drug-likeness (QED) is 0.448. The molecule has 0 aliphatic heterocycles. The fraction of sp³-hybridized carbons (Fsp3) is 0.875. The fourth-order valence-electron chi connectivity index (χ4n) is 0.716. The second kappa shape index (κ2) is 6.16. The Kier molecular flexibility index (Phi) is 5.84. The summed E-state index contributed by atoms with van der Waals surface area (Å²) in [6.45, 7) is 4.07. The number of rotatable bonds is 5. The molecule has 65 valence electrons. The van der Waals surface area contributed by atoms with Gasteiger partial charge in [0.15, 0.2) is 0 Å². The Morgan fingerprint density at radius 2 is 2.09 bits per heavy atom. The molecule has 0 aromatic rings. The molecule has 0 saturated carbocycles. The fourth-order valence-corrected chi connectivity index (χ4v) is 0.716. The number of hydrogen-bond acceptors (Lipinski definition) is 2. The molecular formula is C8H16NO2. The lowest BCUT2D eigenvalue weighted by molar-refractivity contribution is -0.147. The van der Waals surface area contributed by atoms with E-state index in [0.29, 0.717) is 13.0 Å². The SMILES string of the molecule is CC(C)OC(=O)CCCC[NH]. The molecule has 0 heterocycles. The third-order valence-corrected chi connectivity index (χ3v) is 1.17. The maximum Gasteiger partial charge on any atom is 0.306 e. The minimum Gasteiger partial charge on any atom is -0.463 e. The molecule has 0 aliphatic rings. The highest BCUT2D eigenvalue weighted by Crippen LogP contribution is 1.98. The first-order chi connectivity index (χ1) is 5.16. The Balaban J connectivity index is 3.23. The van der Waals surface area contributed by atoms with Crippen molar-refractivity contribution in [2.24, 2.45) is 0 Å². The maximum atomic E-state index is 10.8. The summed E-state index contributed by atoms with van der Waals surface area (Å²) >= 11 is 0. The van der Waals surface area contributed by atoms with E-state index >= 15 is 0 Å². The number of carbonyl (C=O) groups is 1. The molecule has 0 amide bonds. The molecule has 0 aliphatic carbocycles. The van der Waals surface area contributed by atoms with E-state index in [2.05, 4.69) is 0 Å². The van der Waals surface area contributed by atoms with Crippen LogP contribution in [0.3, 0.4) is 0 Å². The molecule has 0 atom stereocenters. The van der Waals surface area contributed by atoms with Crippen molar-refractivity contribution in [3.8, 4) is 0 Å². The lowest BCUT2D eigenvalue weighted by Gasteiger charge is -2.06. The van der Waals surface area contributed by atoms with Crippen molar-refractivity contribution in [3.05, 3.63) is 0 Å². The number of ether oxygens (including phenoxy) is 1. The summed E-state index contributed by atoms with van der Waals surface area (Å²) in [7, 11) is 0. The van der Waals surface area contributed by atoms with Gasteiger partial charge in [0.2, 0.25) is 0 Å². The largest absolute Gasteiger partial charge is 0.463 e. The molecule has 3 nitrogen and oxygen atoms in total. The molecule has 0 spiro atoms. The first kappa shape index (κ1) is 10.4. The number of hydrogen-bond donors (Lipinski definition) is 0. The highest BCUT2D eigenvalue weighted by Gasteiger charge is 2.03. The Hall–Kier alpha value is -0.570. The van der Waals surface area contributed by atoms with Crippen LogP contribution >= 0.6 is 0 Å². The van der Waals surface area contributed by atoms with E-state index in [-0.39, 0.29) is 12.1 Å². The van der Waals surface area contributed by atoms with Gasteiger partial charge in [-0.15, -0.1) is 0 Å². The summed E-state index contributed by atoms with van der Waals surface area (Å²) < 4.78 is 4.90. The third kappa shape index (κ3) is 7.33. The molecule has 0 fully saturated rings. The molecule has 1 radical (unpaired) electrons. The van der Waals surface area contributed by atoms with Crippen molar-refractivity contribution >= 4 is 5.97 Å². The van der Waals surface area contributed by atoms with E-state index < -0.39 is 0 Å². The van der Waals surface area contributed by atoms with Crippen LogP contribution in [0.4, 0.5) is 0 Å². The standard InChI is InChI=1S/C8H16NO2/c1-7(2)11-8(10)5-3-4-6-9/h7,9H,3-6H2,1-2H3. The van der Waals surface area contributed by atoms with Crippen molar-refractivity contribution in [3.63, 3.8) is 0 Å². The molecule has 0 rings (SSSR count). The summed E-state index contributed by atoms with van der Waals surface area (Å²) in [5, 5.41) is 0. The number of nitrogens with one attached hydrogen (secondary N) is 1. The number of unbranched alkanes of at least 4 members (excludes halogenated alkanes) is 1. The second-order valence-electron chi connectivity index (χ2n) is 2.75. The Labute approximate surface area is 67.9 Å². The van der Waals surface area contributed by atoms with E-state index in [4.69, 9.17) is 10.5 Å². The number of carbonyl (C=O) groups excluding carboxylic acids is 1. The van der Waals surface area contributed by atoms with Gasteiger partial charge in [0.05, 0.1) is 6.10 Å². The van der Waals surface area contributed by atoms with E-state index in [9.17, 15) is 4.79 Å². The first-order valence-electron chi connectivity index (χ1n) is 4.01. The zero-order chi connectivity index (χ0) is 8.69. The van der Waals surface area contributed by atoms with Crippen molar-refractivity contribution in [2.45, 2.75) is 39.2 Å². The molecule has 0 aromatic carbocycles. The minimum atomic E-state index is -0.145. The van der Waals surface area contributed by atoms with Crippen LogP contribution < -0.4 is 5.73 Å². The Morgan fingerprint density at radius 1 is 1.45 bits per heavy atom. The predicted molar refractivity (Wildman–Crippen MR) is 43.0 cm³/mol. The van der Waals surface area contributed by atoms with Crippen LogP contribution in [0.2, 0.25) is 0 Å². The average molecular weight is 158 g/mol. The van der Waals surface area contributed by atoms with Crippen LogP contribution in [0.25, 0.3) is 0 Å². The van der Waals surface area contributed by atoms with Crippen LogP contribution in [-0.2, 0) is 9.53 Å². The van der Waals surface area contributed by atoms with Gasteiger partial charge in [-0.2, -0.15) is 0 Å². The molecule has 3 heteroatoms. The molecule has 0 aromatic heterocycles. The monoisotopic (exact) mass is 158 g/mol. The summed E-state index contributed by atoms with van der Waals surface area (Å²) in [6.07, 6.45) is 2.00. The molecule has 0 saturated heterocycles. The van der Waals surface area contributed by atoms with Gasteiger partial charge in [-0.3, -0.25) is 10.5 Å². The molecular weight excluding hydrogens is 142 g/mol. The van der Waals surface area contributed by atoms with Gasteiger partial charge in [0.1, 0.15) is 0 Å². The minimum absolute atomic E-state index is 0.0153. The lowest BCUT2D eigenvalue weighted by Crippen LogP contribution is -2.11. The summed E-state index contributed by atoms with van der Waals surface area (Å²) in [4.78, 5) is 10.8.